The van der Waals surface area contributed by atoms with Gasteiger partial charge in [-0.25, -0.2) is 4.79 Å². The monoisotopic (exact) mass is 397 g/mol. The molecule has 3 aromatic carbocycles. The van der Waals surface area contributed by atoms with E-state index in [2.05, 4.69) is 5.16 Å². The van der Waals surface area contributed by atoms with Crippen molar-refractivity contribution < 1.29 is 9.63 Å². The summed E-state index contributed by atoms with van der Waals surface area (Å²) >= 11 is 11.8. The van der Waals surface area contributed by atoms with Crippen molar-refractivity contribution in [2.75, 3.05) is 0 Å². The van der Waals surface area contributed by atoms with Crippen molar-refractivity contribution in [1.29, 1.82) is 0 Å². The van der Waals surface area contributed by atoms with Crippen LogP contribution in [-0.2, 0) is 17.7 Å². The number of halogens is 2. The summed E-state index contributed by atoms with van der Waals surface area (Å²) in [6.45, 7) is 0. The van der Waals surface area contributed by atoms with Gasteiger partial charge < -0.3 is 4.84 Å². The fourth-order valence-electron chi connectivity index (χ4n) is 2.57. The van der Waals surface area contributed by atoms with Crippen LogP contribution in [0.25, 0.3) is 0 Å². The van der Waals surface area contributed by atoms with E-state index in [1.165, 1.54) is 6.07 Å². The SMILES string of the molecule is O=C(ON=C(Cc1ccccc1)Cc1ccccc1)c1ccc(Cl)c(Cl)c1. The van der Waals surface area contributed by atoms with Gasteiger partial charge >= 0.3 is 5.97 Å². The molecule has 0 fully saturated rings. The number of rotatable bonds is 6. The Bertz CT molecular complexity index is 898. The number of oxime groups is 1. The van der Waals surface area contributed by atoms with Gasteiger partial charge in [-0.3, -0.25) is 0 Å². The lowest BCUT2D eigenvalue weighted by Gasteiger charge is -2.07. The van der Waals surface area contributed by atoms with Crippen LogP contribution < -0.4 is 0 Å². The Morgan fingerprint density at radius 3 is 1.85 bits per heavy atom. The van der Waals surface area contributed by atoms with E-state index in [1.54, 1.807) is 12.1 Å². The average molecular weight is 398 g/mol. The Kier molecular flexibility index (Phi) is 6.64. The Labute approximate surface area is 168 Å². The highest BCUT2D eigenvalue weighted by atomic mass is 35.5. The smallest absolute Gasteiger partial charge is 0.313 e. The van der Waals surface area contributed by atoms with Crippen LogP contribution in [0.15, 0.2) is 84.0 Å². The first kappa shape index (κ1) is 19.2. The van der Waals surface area contributed by atoms with Crippen LogP contribution in [0.4, 0.5) is 0 Å². The van der Waals surface area contributed by atoms with Crippen LogP contribution in [-0.4, -0.2) is 11.7 Å². The maximum atomic E-state index is 12.3. The van der Waals surface area contributed by atoms with E-state index >= 15 is 0 Å². The Hall–Kier alpha value is -2.62. The minimum atomic E-state index is -0.577. The molecule has 3 nitrogen and oxygen atoms in total. The average Bonchev–Trinajstić information content (AvgIpc) is 2.69. The Morgan fingerprint density at radius 1 is 0.778 bits per heavy atom. The van der Waals surface area contributed by atoms with Crippen molar-refractivity contribution in [2.45, 2.75) is 12.8 Å². The summed E-state index contributed by atoms with van der Waals surface area (Å²) in [6.07, 6.45) is 1.18. The summed E-state index contributed by atoms with van der Waals surface area (Å²) in [4.78, 5) is 17.5. The van der Waals surface area contributed by atoms with Gasteiger partial charge in [0.25, 0.3) is 0 Å². The zero-order valence-corrected chi connectivity index (χ0v) is 16.0. The predicted octanol–water partition coefficient (Wildman–Crippen LogP) is 5.99. The zero-order chi connectivity index (χ0) is 19.1. The molecule has 0 amide bonds. The maximum absolute atomic E-state index is 12.3. The molecule has 0 aliphatic carbocycles. The normalized spacial score (nSPS) is 10.3. The number of benzene rings is 3. The molecule has 0 atom stereocenters. The topological polar surface area (TPSA) is 38.7 Å². The Morgan fingerprint density at radius 2 is 1.33 bits per heavy atom. The largest absolute Gasteiger partial charge is 0.365 e. The lowest BCUT2D eigenvalue weighted by Crippen LogP contribution is -2.10. The van der Waals surface area contributed by atoms with Crippen LogP contribution >= 0.6 is 23.2 Å². The van der Waals surface area contributed by atoms with Crippen LogP contribution in [0.1, 0.15) is 21.5 Å². The molecule has 27 heavy (non-hydrogen) atoms. The molecule has 0 unspecified atom stereocenters. The van der Waals surface area contributed by atoms with E-state index in [0.29, 0.717) is 28.5 Å². The van der Waals surface area contributed by atoms with Gasteiger partial charge in [-0.2, -0.15) is 0 Å². The maximum Gasteiger partial charge on any atom is 0.365 e. The molecule has 0 spiro atoms. The molecule has 0 aromatic heterocycles. The molecule has 5 heteroatoms. The van der Waals surface area contributed by atoms with E-state index in [1.807, 2.05) is 60.7 Å². The van der Waals surface area contributed by atoms with E-state index in [9.17, 15) is 4.79 Å². The van der Waals surface area contributed by atoms with Crippen molar-refractivity contribution in [3.05, 3.63) is 106 Å². The molecule has 0 N–H and O–H groups in total. The predicted molar refractivity (Wildman–Crippen MR) is 110 cm³/mol. The second-order valence-corrected chi connectivity index (χ2v) is 6.80. The minimum Gasteiger partial charge on any atom is -0.313 e. The summed E-state index contributed by atoms with van der Waals surface area (Å²) in [5.74, 6) is -0.577. The quantitative estimate of drug-likeness (QED) is 0.291. The number of carbonyl (C=O) groups excluding carboxylic acids is 1. The number of nitrogens with zero attached hydrogens (tertiary/aromatic N) is 1. The molecule has 136 valence electrons. The third-order valence-electron chi connectivity index (χ3n) is 3.91. The first-order valence-electron chi connectivity index (χ1n) is 8.42. The van der Waals surface area contributed by atoms with E-state index < -0.39 is 5.97 Å². The highest BCUT2D eigenvalue weighted by Crippen LogP contribution is 2.23. The number of hydrogen-bond acceptors (Lipinski definition) is 3. The molecule has 0 radical (unpaired) electrons. The summed E-state index contributed by atoms with van der Waals surface area (Å²) < 4.78 is 0. The van der Waals surface area contributed by atoms with Crippen LogP contribution in [0.3, 0.4) is 0 Å². The molecule has 0 aliphatic heterocycles. The van der Waals surface area contributed by atoms with Crippen molar-refractivity contribution in [3.63, 3.8) is 0 Å². The summed E-state index contributed by atoms with van der Waals surface area (Å²) in [7, 11) is 0. The summed E-state index contributed by atoms with van der Waals surface area (Å²) in [5, 5.41) is 4.81. The van der Waals surface area contributed by atoms with E-state index in [4.69, 9.17) is 28.0 Å². The standard InChI is InChI=1S/C22H17Cl2NO2/c23-20-12-11-18(15-21(20)24)22(26)27-25-19(13-16-7-3-1-4-8-16)14-17-9-5-2-6-10-17/h1-12,15H,13-14H2. The van der Waals surface area contributed by atoms with Crippen molar-refractivity contribution >= 4 is 34.9 Å². The minimum absolute atomic E-state index is 0.295. The highest BCUT2D eigenvalue weighted by Gasteiger charge is 2.11. The first-order valence-corrected chi connectivity index (χ1v) is 9.17. The second kappa shape index (κ2) is 9.36. The van der Waals surface area contributed by atoms with Gasteiger partial charge in [0.1, 0.15) is 0 Å². The van der Waals surface area contributed by atoms with Gasteiger partial charge in [0.05, 0.1) is 21.3 Å². The van der Waals surface area contributed by atoms with Crippen LogP contribution in [0.5, 0.6) is 0 Å². The molecule has 0 saturated carbocycles. The molecule has 3 aromatic rings. The van der Waals surface area contributed by atoms with Gasteiger partial charge in [0.2, 0.25) is 0 Å². The van der Waals surface area contributed by atoms with Crippen molar-refractivity contribution in [1.82, 2.24) is 0 Å². The van der Waals surface area contributed by atoms with Crippen molar-refractivity contribution in [2.24, 2.45) is 5.16 Å². The Balaban J connectivity index is 1.78. The summed E-state index contributed by atoms with van der Waals surface area (Å²) in [6, 6.07) is 24.4. The third-order valence-corrected chi connectivity index (χ3v) is 4.65. The third kappa shape index (κ3) is 5.68. The molecule has 3 rings (SSSR count). The van der Waals surface area contributed by atoms with E-state index in [0.717, 1.165) is 16.8 Å². The van der Waals surface area contributed by atoms with Gasteiger partial charge in [-0.15, -0.1) is 0 Å². The second-order valence-electron chi connectivity index (χ2n) is 5.99. The molecule has 0 aliphatic rings. The highest BCUT2D eigenvalue weighted by molar-refractivity contribution is 6.42. The lowest BCUT2D eigenvalue weighted by atomic mass is 10.0. The lowest BCUT2D eigenvalue weighted by molar-refractivity contribution is 0.0514. The molecule has 0 bridgehead atoms. The molecule has 0 heterocycles. The van der Waals surface area contributed by atoms with Crippen molar-refractivity contribution in [3.8, 4) is 0 Å². The zero-order valence-electron chi connectivity index (χ0n) is 14.4. The van der Waals surface area contributed by atoms with Crippen LogP contribution in [0, 0.1) is 0 Å². The first-order chi connectivity index (χ1) is 13.1. The van der Waals surface area contributed by atoms with Gasteiger partial charge in [-0.1, -0.05) is 89.0 Å². The molecular weight excluding hydrogens is 381 g/mol. The number of hydrogen-bond donors (Lipinski definition) is 0. The van der Waals surface area contributed by atoms with Crippen LogP contribution in [0.2, 0.25) is 10.0 Å². The van der Waals surface area contributed by atoms with Gasteiger partial charge in [0.15, 0.2) is 0 Å². The van der Waals surface area contributed by atoms with E-state index in [-0.39, 0.29) is 0 Å². The fourth-order valence-corrected chi connectivity index (χ4v) is 2.87. The fraction of sp³-hybridized carbons (Fsp3) is 0.0909. The molecular formula is C22H17Cl2NO2. The van der Waals surface area contributed by atoms with Gasteiger partial charge in [-0.05, 0) is 29.3 Å². The molecule has 0 saturated heterocycles. The van der Waals surface area contributed by atoms with Gasteiger partial charge in [0, 0.05) is 12.8 Å². The summed E-state index contributed by atoms with van der Waals surface area (Å²) in [5.41, 5.74) is 3.24. The number of carbonyl (C=O) groups is 1.